The van der Waals surface area contributed by atoms with Crippen molar-refractivity contribution in [2.75, 3.05) is 6.54 Å². The van der Waals surface area contributed by atoms with Gasteiger partial charge in [0.25, 0.3) is 0 Å². The Balaban J connectivity index is 1.77. The van der Waals surface area contributed by atoms with Gasteiger partial charge in [-0.3, -0.25) is 4.79 Å². The predicted molar refractivity (Wildman–Crippen MR) is 90.7 cm³/mol. The third kappa shape index (κ3) is 3.62. The molecule has 1 N–H and O–H groups in total. The fourth-order valence-electron chi connectivity index (χ4n) is 3.25. The molecule has 0 unspecified atom stereocenters. The Labute approximate surface area is 137 Å². The molecular weight excluding hydrogens is 286 g/mol. The van der Waals surface area contributed by atoms with Gasteiger partial charge in [-0.25, -0.2) is 0 Å². The Morgan fingerprint density at radius 3 is 2.22 bits per heavy atom. The molecule has 23 heavy (non-hydrogen) atoms. The Kier molecular flexibility index (Phi) is 4.49. The normalized spacial score (nSPS) is 24.7. The number of hydrogen-bond donors (Lipinski definition) is 1. The fourth-order valence-corrected chi connectivity index (χ4v) is 3.25. The molecule has 0 bridgehead atoms. The first-order valence-corrected chi connectivity index (χ1v) is 8.15. The average molecular weight is 309 g/mol. The van der Waals surface area contributed by atoms with Gasteiger partial charge in [-0.05, 0) is 30.9 Å². The molecule has 2 aromatic carbocycles. The summed E-state index contributed by atoms with van der Waals surface area (Å²) in [4.78, 5) is 14.8. The third-order valence-electron chi connectivity index (χ3n) is 4.75. The maximum atomic E-state index is 12.9. The molecule has 0 aliphatic carbocycles. The van der Waals surface area contributed by atoms with E-state index in [1.54, 1.807) is 6.92 Å². The van der Waals surface area contributed by atoms with Gasteiger partial charge in [0.1, 0.15) is 0 Å². The van der Waals surface area contributed by atoms with Crippen molar-refractivity contribution in [1.82, 2.24) is 4.90 Å². The maximum absolute atomic E-state index is 12.9. The summed E-state index contributed by atoms with van der Waals surface area (Å²) in [6, 6.07) is 20.0. The summed E-state index contributed by atoms with van der Waals surface area (Å²) in [6.45, 7) is 3.01. The van der Waals surface area contributed by atoms with Crippen molar-refractivity contribution in [3.8, 4) is 0 Å². The number of rotatable bonds is 4. The van der Waals surface area contributed by atoms with Crippen LogP contribution in [0.3, 0.4) is 0 Å². The van der Waals surface area contributed by atoms with Crippen LogP contribution < -0.4 is 0 Å². The number of piperidine rings is 1. The van der Waals surface area contributed by atoms with Crippen molar-refractivity contribution < 1.29 is 9.90 Å². The molecule has 1 amide bonds. The van der Waals surface area contributed by atoms with Gasteiger partial charge in [0.15, 0.2) is 0 Å². The van der Waals surface area contributed by atoms with Gasteiger partial charge < -0.3 is 10.0 Å². The molecule has 0 saturated carbocycles. The SMILES string of the molecule is C[C@@]1(O)CCN(Cc2ccccc2)C(=O)[C@@H]1Cc1ccccc1. The minimum atomic E-state index is -0.944. The second-order valence-corrected chi connectivity index (χ2v) is 6.59. The van der Waals surface area contributed by atoms with E-state index in [-0.39, 0.29) is 11.8 Å². The molecule has 1 heterocycles. The standard InChI is InChI=1S/C20H23NO2/c1-20(23)12-13-21(15-17-10-6-3-7-11-17)19(22)18(20)14-16-8-4-2-5-9-16/h2-11,18,23H,12-15H2,1H3/t18-,20+/m0/s1. The summed E-state index contributed by atoms with van der Waals surface area (Å²) in [5.74, 6) is -0.337. The largest absolute Gasteiger partial charge is 0.389 e. The van der Waals surface area contributed by atoms with Crippen LogP contribution in [0.1, 0.15) is 24.5 Å². The Bertz CT molecular complexity index is 652. The van der Waals surface area contributed by atoms with Crippen LogP contribution in [-0.4, -0.2) is 28.1 Å². The van der Waals surface area contributed by atoms with E-state index in [4.69, 9.17) is 0 Å². The summed E-state index contributed by atoms with van der Waals surface area (Å²) >= 11 is 0. The molecule has 1 fully saturated rings. The topological polar surface area (TPSA) is 40.5 Å². The smallest absolute Gasteiger partial charge is 0.229 e. The number of hydrogen-bond acceptors (Lipinski definition) is 2. The number of likely N-dealkylation sites (tertiary alicyclic amines) is 1. The summed E-state index contributed by atoms with van der Waals surface area (Å²) in [7, 11) is 0. The lowest BCUT2D eigenvalue weighted by Gasteiger charge is -2.42. The highest BCUT2D eigenvalue weighted by Crippen LogP contribution is 2.32. The summed E-state index contributed by atoms with van der Waals surface area (Å²) in [5, 5.41) is 10.7. The second-order valence-electron chi connectivity index (χ2n) is 6.59. The third-order valence-corrected chi connectivity index (χ3v) is 4.75. The van der Waals surface area contributed by atoms with Crippen molar-refractivity contribution in [3.63, 3.8) is 0 Å². The fraction of sp³-hybridized carbons (Fsp3) is 0.350. The van der Waals surface area contributed by atoms with E-state index in [0.717, 1.165) is 11.1 Å². The molecule has 2 atom stereocenters. The summed E-state index contributed by atoms with van der Waals surface area (Å²) in [6.07, 6.45) is 1.20. The lowest BCUT2D eigenvalue weighted by molar-refractivity contribution is -0.154. The van der Waals surface area contributed by atoms with Gasteiger partial charge in [0, 0.05) is 13.1 Å². The number of benzene rings is 2. The highest BCUT2D eigenvalue weighted by molar-refractivity contribution is 5.81. The highest BCUT2D eigenvalue weighted by atomic mass is 16.3. The van der Waals surface area contributed by atoms with E-state index in [1.165, 1.54) is 0 Å². The van der Waals surface area contributed by atoms with Crippen LogP contribution in [-0.2, 0) is 17.8 Å². The van der Waals surface area contributed by atoms with E-state index in [2.05, 4.69) is 0 Å². The van der Waals surface area contributed by atoms with Crippen molar-refractivity contribution in [2.45, 2.75) is 31.9 Å². The summed E-state index contributed by atoms with van der Waals surface area (Å²) < 4.78 is 0. The number of carbonyl (C=O) groups is 1. The molecule has 0 aromatic heterocycles. The zero-order valence-corrected chi connectivity index (χ0v) is 13.5. The van der Waals surface area contributed by atoms with Crippen molar-refractivity contribution >= 4 is 5.91 Å². The minimum Gasteiger partial charge on any atom is -0.389 e. The lowest BCUT2D eigenvalue weighted by Crippen LogP contribution is -2.54. The van der Waals surface area contributed by atoms with E-state index in [1.807, 2.05) is 65.6 Å². The monoisotopic (exact) mass is 309 g/mol. The van der Waals surface area contributed by atoms with Crippen LogP contribution in [0.5, 0.6) is 0 Å². The molecule has 1 saturated heterocycles. The molecule has 120 valence electrons. The van der Waals surface area contributed by atoms with Crippen molar-refractivity contribution in [2.24, 2.45) is 5.92 Å². The zero-order chi connectivity index (χ0) is 16.3. The first kappa shape index (κ1) is 15.8. The van der Waals surface area contributed by atoms with Gasteiger partial charge in [0.2, 0.25) is 5.91 Å². The van der Waals surface area contributed by atoms with Crippen LogP contribution in [0.2, 0.25) is 0 Å². The van der Waals surface area contributed by atoms with Gasteiger partial charge in [-0.2, -0.15) is 0 Å². The first-order chi connectivity index (χ1) is 11.1. The molecule has 3 heteroatoms. The molecule has 3 nitrogen and oxygen atoms in total. The zero-order valence-electron chi connectivity index (χ0n) is 13.5. The van der Waals surface area contributed by atoms with Gasteiger partial charge in [-0.15, -0.1) is 0 Å². The van der Waals surface area contributed by atoms with E-state index in [9.17, 15) is 9.90 Å². The van der Waals surface area contributed by atoms with E-state index >= 15 is 0 Å². The molecule has 0 spiro atoms. The second kappa shape index (κ2) is 6.55. The number of amides is 1. The highest BCUT2D eigenvalue weighted by Gasteiger charge is 2.43. The summed E-state index contributed by atoms with van der Waals surface area (Å²) in [5.41, 5.74) is 1.27. The number of carbonyl (C=O) groups excluding carboxylic acids is 1. The van der Waals surface area contributed by atoms with E-state index in [0.29, 0.717) is 25.9 Å². The lowest BCUT2D eigenvalue weighted by atomic mass is 9.78. The van der Waals surface area contributed by atoms with Gasteiger partial charge in [-0.1, -0.05) is 60.7 Å². The van der Waals surface area contributed by atoms with Crippen molar-refractivity contribution in [1.29, 1.82) is 0 Å². The maximum Gasteiger partial charge on any atom is 0.229 e. The molecule has 3 rings (SSSR count). The quantitative estimate of drug-likeness (QED) is 0.943. The average Bonchev–Trinajstić information content (AvgIpc) is 2.56. The molecule has 2 aromatic rings. The van der Waals surface area contributed by atoms with Crippen LogP contribution in [0, 0.1) is 5.92 Å². The molecule has 0 radical (unpaired) electrons. The Morgan fingerprint density at radius 1 is 1.04 bits per heavy atom. The van der Waals surface area contributed by atoms with Crippen LogP contribution in [0.15, 0.2) is 60.7 Å². The molecule has 1 aliphatic heterocycles. The Morgan fingerprint density at radius 2 is 1.61 bits per heavy atom. The van der Waals surface area contributed by atoms with Crippen LogP contribution in [0.25, 0.3) is 0 Å². The van der Waals surface area contributed by atoms with Crippen LogP contribution >= 0.6 is 0 Å². The van der Waals surface area contributed by atoms with Crippen molar-refractivity contribution in [3.05, 3.63) is 71.8 Å². The Hall–Kier alpha value is -2.13. The molecule has 1 aliphatic rings. The predicted octanol–water partition coefficient (Wildman–Crippen LogP) is 3.03. The first-order valence-electron chi connectivity index (χ1n) is 8.15. The minimum absolute atomic E-state index is 0.0500. The molecular formula is C20H23NO2. The van der Waals surface area contributed by atoms with Crippen LogP contribution in [0.4, 0.5) is 0 Å². The van der Waals surface area contributed by atoms with E-state index < -0.39 is 5.60 Å². The van der Waals surface area contributed by atoms with Gasteiger partial charge in [0.05, 0.1) is 11.5 Å². The number of aliphatic hydroxyl groups is 1. The van der Waals surface area contributed by atoms with Gasteiger partial charge >= 0.3 is 0 Å². The number of nitrogens with zero attached hydrogens (tertiary/aromatic N) is 1.